The molecule has 0 spiro atoms. The van der Waals surface area contributed by atoms with Crippen molar-refractivity contribution in [3.05, 3.63) is 10.3 Å². The first-order chi connectivity index (χ1) is 4.99. The summed E-state index contributed by atoms with van der Waals surface area (Å²) >= 11 is -1.65. The second-order valence-electron chi connectivity index (χ2n) is 3.17. The van der Waals surface area contributed by atoms with Gasteiger partial charge < -0.3 is 0 Å². The molecule has 11 heavy (non-hydrogen) atoms. The van der Waals surface area contributed by atoms with Gasteiger partial charge in [-0.25, -0.2) is 0 Å². The van der Waals surface area contributed by atoms with Gasteiger partial charge in [-0.05, 0) is 0 Å². The first-order valence-corrected chi connectivity index (χ1v) is 6.73. The van der Waals surface area contributed by atoms with Crippen LogP contribution in [0.2, 0.25) is 0 Å². The van der Waals surface area contributed by atoms with Gasteiger partial charge >= 0.3 is 73.8 Å². The van der Waals surface area contributed by atoms with E-state index in [9.17, 15) is 4.79 Å². The Bertz CT molecular complexity index is 195. The first-order valence-electron chi connectivity index (χ1n) is 3.33. The van der Waals surface area contributed by atoms with Crippen molar-refractivity contribution in [2.24, 2.45) is 0 Å². The topological polar surface area (TPSA) is 38.3 Å². The molecule has 0 fully saturated rings. The average Bonchev–Trinajstić information content (AvgIpc) is 1.50. The van der Waals surface area contributed by atoms with Crippen LogP contribution in [0.4, 0.5) is 4.79 Å². The fraction of sp³-hybridized carbons (Fsp3) is 0.571. The molecule has 1 aliphatic heterocycles. The van der Waals surface area contributed by atoms with E-state index in [0.717, 1.165) is 0 Å². The van der Waals surface area contributed by atoms with Gasteiger partial charge in [0.25, 0.3) is 0 Å². The summed E-state index contributed by atoms with van der Waals surface area (Å²) in [4.78, 5) is 11.2. The number of hydrogen-bond donors (Lipinski definition) is 1. The molecule has 0 saturated carbocycles. The third kappa shape index (κ3) is 2.69. The molecule has 0 unspecified atom stereocenters. The molecule has 1 heterocycles. The van der Waals surface area contributed by atoms with Crippen LogP contribution in [-0.4, -0.2) is 9.58 Å². The average molecular weight is 269 g/mol. The first kappa shape index (κ1) is 8.83. The van der Waals surface area contributed by atoms with Crippen LogP contribution in [0.15, 0.2) is 10.3 Å². The minimum absolute atomic E-state index is 0.0517. The SMILES string of the molecule is CC(C)(C)OC(=O)I1C=CN1. The van der Waals surface area contributed by atoms with Gasteiger partial charge in [0.2, 0.25) is 0 Å². The van der Waals surface area contributed by atoms with Crippen molar-refractivity contribution in [1.82, 2.24) is 3.53 Å². The van der Waals surface area contributed by atoms with Crippen LogP contribution in [-0.2, 0) is 4.74 Å². The zero-order valence-corrected chi connectivity index (χ0v) is 9.01. The number of hydrogen-bond acceptors (Lipinski definition) is 3. The number of carbonyl (C=O) groups is 1. The Morgan fingerprint density at radius 2 is 2.09 bits per heavy atom. The van der Waals surface area contributed by atoms with Gasteiger partial charge in [0, 0.05) is 0 Å². The maximum atomic E-state index is 11.2. The van der Waals surface area contributed by atoms with Crippen LogP contribution in [0.1, 0.15) is 20.8 Å². The second-order valence-corrected chi connectivity index (χ2v) is 7.17. The maximum absolute atomic E-state index is 11.2. The summed E-state index contributed by atoms with van der Waals surface area (Å²) in [5.74, 6) is 0. The van der Waals surface area contributed by atoms with Crippen molar-refractivity contribution in [2.75, 3.05) is 0 Å². The molecule has 3 nitrogen and oxygen atoms in total. The molecule has 0 bridgehead atoms. The molecule has 0 aromatic heterocycles. The van der Waals surface area contributed by atoms with Gasteiger partial charge in [0.1, 0.15) is 0 Å². The summed E-state index contributed by atoms with van der Waals surface area (Å²) in [5.41, 5.74) is -0.348. The number of halogens is 1. The van der Waals surface area contributed by atoms with E-state index >= 15 is 0 Å². The van der Waals surface area contributed by atoms with Crippen LogP contribution < -0.4 is 3.53 Å². The van der Waals surface area contributed by atoms with Gasteiger partial charge in [-0.1, -0.05) is 0 Å². The molecule has 0 aromatic rings. The normalized spacial score (nSPS) is 18.6. The molecule has 4 heteroatoms. The molecule has 0 atom stereocenters. The molecule has 1 aliphatic rings. The summed E-state index contributed by atoms with van der Waals surface area (Å²) in [6, 6.07) is 0. The number of carbonyl (C=O) groups excluding carboxylic acids is 1. The Morgan fingerprint density at radius 3 is 2.36 bits per heavy atom. The molecule has 0 amide bonds. The number of nitrogens with one attached hydrogen (secondary N) is 1. The molecular formula is C7H12INO2. The molecule has 0 radical (unpaired) electrons. The fourth-order valence-electron chi connectivity index (χ4n) is 0.504. The Kier molecular flexibility index (Phi) is 2.41. The standard InChI is InChI=1S/C7H12INO2/c1-7(2,3)11-6(10)8-4-5-9-8/h4-5,9H,1-3H3. The van der Waals surface area contributed by atoms with E-state index in [0.29, 0.717) is 0 Å². The molecule has 1 rings (SSSR count). The third-order valence-corrected chi connectivity index (χ3v) is 4.20. The van der Waals surface area contributed by atoms with E-state index in [-0.39, 0.29) is 9.58 Å². The van der Waals surface area contributed by atoms with Crippen molar-refractivity contribution < 1.29 is 9.53 Å². The van der Waals surface area contributed by atoms with Crippen molar-refractivity contribution in [3.8, 4) is 0 Å². The summed E-state index contributed by atoms with van der Waals surface area (Å²) in [7, 11) is 0. The Morgan fingerprint density at radius 1 is 1.55 bits per heavy atom. The zero-order valence-electron chi connectivity index (χ0n) is 6.85. The van der Waals surface area contributed by atoms with Crippen LogP contribution >= 0.6 is 20.1 Å². The van der Waals surface area contributed by atoms with E-state index in [1.165, 1.54) is 0 Å². The Labute approximate surface area is 73.9 Å². The summed E-state index contributed by atoms with van der Waals surface area (Å²) in [6.45, 7) is 5.64. The second kappa shape index (κ2) is 3.00. The third-order valence-electron chi connectivity index (χ3n) is 0.922. The van der Waals surface area contributed by atoms with Crippen molar-refractivity contribution in [3.63, 3.8) is 0 Å². The summed E-state index contributed by atoms with van der Waals surface area (Å²) in [5, 5.41) is 0. The number of rotatable bonds is 1. The van der Waals surface area contributed by atoms with Crippen molar-refractivity contribution >= 4 is 24.1 Å². The molecule has 1 N–H and O–H groups in total. The van der Waals surface area contributed by atoms with Gasteiger partial charge in [-0.2, -0.15) is 0 Å². The zero-order chi connectivity index (χ0) is 8.48. The van der Waals surface area contributed by atoms with Gasteiger partial charge in [0.15, 0.2) is 0 Å². The van der Waals surface area contributed by atoms with E-state index < -0.39 is 20.1 Å². The number of ether oxygens (including phenoxy) is 1. The summed E-state index contributed by atoms with van der Waals surface area (Å²) < 4.78 is 10.0. The minimum atomic E-state index is -1.65. The Balaban J connectivity index is 2.38. The molecule has 0 aromatic carbocycles. The van der Waals surface area contributed by atoms with E-state index in [2.05, 4.69) is 3.53 Å². The van der Waals surface area contributed by atoms with E-state index in [1.807, 2.05) is 24.9 Å². The molecule has 0 aliphatic carbocycles. The molecular weight excluding hydrogens is 257 g/mol. The Hall–Kier alpha value is -0.260. The predicted octanol–water partition coefficient (Wildman–Crippen LogP) is 2.42. The molecule has 64 valence electrons. The van der Waals surface area contributed by atoms with E-state index in [1.54, 1.807) is 6.20 Å². The summed E-state index contributed by atoms with van der Waals surface area (Å²) in [6.07, 6.45) is 1.80. The van der Waals surface area contributed by atoms with Crippen LogP contribution in [0.25, 0.3) is 0 Å². The van der Waals surface area contributed by atoms with Crippen LogP contribution in [0.5, 0.6) is 0 Å². The quantitative estimate of drug-likeness (QED) is 0.451. The van der Waals surface area contributed by atoms with Gasteiger partial charge in [0.05, 0.1) is 0 Å². The van der Waals surface area contributed by atoms with Crippen LogP contribution in [0, 0.1) is 0 Å². The van der Waals surface area contributed by atoms with Crippen molar-refractivity contribution in [2.45, 2.75) is 26.4 Å². The van der Waals surface area contributed by atoms with Crippen molar-refractivity contribution in [1.29, 1.82) is 0 Å². The molecule has 0 saturated heterocycles. The van der Waals surface area contributed by atoms with Gasteiger partial charge in [-0.15, -0.1) is 0 Å². The monoisotopic (exact) mass is 269 g/mol. The van der Waals surface area contributed by atoms with Gasteiger partial charge in [-0.3, -0.25) is 0 Å². The fourth-order valence-corrected chi connectivity index (χ4v) is 2.67. The predicted molar refractivity (Wildman–Crippen MR) is 52.5 cm³/mol. The van der Waals surface area contributed by atoms with E-state index in [4.69, 9.17) is 4.74 Å². The van der Waals surface area contributed by atoms with Crippen LogP contribution in [0.3, 0.4) is 0 Å².